The van der Waals surface area contributed by atoms with E-state index >= 15 is 0 Å². The van der Waals surface area contributed by atoms with Crippen molar-refractivity contribution in [1.82, 2.24) is 19.9 Å². The Hall–Kier alpha value is -3.34. The molecule has 4 rings (SSSR count). The van der Waals surface area contributed by atoms with Gasteiger partial charge in [0, 0.05) is 10.6 Å². The van der Waals surface area contributed by atoms with Crippen LogP contribution in [0.1, 0.15) is 30.2 Å². The third-order valence-electron chi connectivity index (χ3n) is 4.93. The van der Waals surface area contributed by atoms with Crippen LogP contribution in [0.5, 0.6) is 0 Å². The van der Waals surface area contributed by atoms with Gasteiger partial charge in [0.2, 0.25) is 5.82 Å². The Morgan fingerprint density at radius 2 is 1.56 bits per heavy atom. The zero-order valence-electron chi connectivity index (χ0n) is 17.4. The van der Waals surface area contributed by atoms with Crippen molar-refractivity contribution in [3.8, 4) is 28.5 Å². The van der Waals surface area contributed by atoms with Gasteiger partial charge in [0.25, 0.3) is 5.89 Å². The van der Waals surface area contributed by atoms with Crippen LogP contribution in [0.2, 0.25) is 5.02 Å². The van der Waals surface area contributed by atoms with Crippen molar-refractivity contribution in [2.75, 3.05) is 0 Å². The van der Waals surface area contributed by atoms with E-state index in [1.54, 1.807) is 28.9 Å². The zero-order valence-corrected chi connectivity index (χ0v) is 18.1. The standard InChI is InChI=1S/C22H15ClF6N4O/c1-2-3-18-17(11-30-33(18)16-6-4-15(23)5-7-16)20-31-19(32-34-20)12-8-13(21(24,25)26)10-14(9-12)22(27,28)29/h4-11H,2-3H2,1H3. The lowest BCUT2D eigenvalue weighted by Gasteiger charge is -2.12. The molecule has 12 heteroatoms. The summed E-state index contributed by atoms with van der Waals surface area (Å²) in [4.78, 5) is 4.07. The van der Waals surface area contributed by atoms with Crippen molar-refractivity contribution in [3.05, 3.63) is 70.5 Å². The lowest BCUT2D eigenvalue weighted by Crippen LogP contribution is -2.11. The van der Waals surface area contributed by atoms with E-state index in [1.165, 1.54) is 6.20 Å². The number of alkyl halides is 6. The molecule has 0 N–H and O–H groups in total. The van der Waals surface area contributed by atoms with Crippen molar-refractivity contribution in [2.24, 2.45) is 0 Å². The fourth-order valence-electron chi connectivity index (χ4n) is 3.37. The number of benzene rings is 2. The van der Waals surface area contributed by atoms with Crippen molar-refractivity contribution in [3.63, 3.8) is 0 Å². The minimum absolute atomic E-state index is 0.0417. The highest BCUT2D eigenvalue weighted by Gasteiger charge is 2.37. The van der Waals surface area contributed by atoms with E-state index in [4.69, 9.17) is 16.1 Å². The second kappa shape index (κ2) is 8.79. The van der Waals surface area contributed by atoms with Crippen LogP contribution in [0.3, 0.4) is 0 Å². The predicted octanol–water partition coefficient (Wildman–Crippen LogP) is 7.23. The van der Waals surface area contributed by atoms with E-state index in [9.17, 15) is 26.3 Å². The maximum absolute atomic E-state index is 13.2. The number of rotatable bonds is 5. The van der Waals surface area contributed by atoms with Crippen LogP contribution in [0, 0.1) is 0 Å². The molecule has 0 spiro atoms. The maximum Gasteiger partial charge on any atom is 0.416 e. The average Bonchev–Trinajstić information content (AvgIpc) is 3.40. The second-order valence-corrected chi connectivity index (χ2v) is 7.80. The van der Waals surface area contributed by atoms with Crippen molar-refractivity contribution >= 4 is 11.6 Å². The van der Waals surface area contributed by atoms with Gasteiger partial charge in [-0.3, -0.25) is 0 Å². The van der Waals surface area contributed by atoms with Gasteiger partial charge in [-0.05, 0) is 48.9 Å². The molecule has 34 heavy (non-hydrogen) atoms. The summed E-state index contributed by atoms with van der Waals surface area (Å²) in [5.74, 6) is -0.488. The van der Waals surface area contributed by atoms with Crippen LogP contribution < -0.4 is 0 Å². The summed E-state index contributed by atoms with van der Waals surface area (Å²) in [6.07, 6.45) is -7.27. The number of nitrogens with zero attached hydrogens (tertiary/aromatic N) is 4. The molecule has 0 radical (unpaired) electrons. The number of hydrogen-bond donors (Lipinski definition) is 0. The van der Waals surface area contributed by atoms with Gasteiger partial charge in [-0.1, -0.05) is 30.1 Å². The summed E-state index contributed by atoms with van der Waals surface area (Å²) in [7, 11) is 0. The van der Waals surface area contributed by atoms with E-state index in [0.717, 1.165) is 6.42 Å². The maximum atomic E-state index is 13.2. The van der Waals surface area contributed by atoms with Gasteiger partial charge in [0.15, 0.2) is 0 Å². The molecule has 0 aliphatic rings. The summed E-state index contributed by atoms with van der Waals surface area (Å²) >= 11 is 5.94. The minimum atomic E-state index is -4.99. The number of halogens is 7. The number of aromatic nitrogens is 4. The summed E-state index contributed by atoms with van der Waals surface area (Å²) in [6.45, 7) is 1.93. The Balaban J connectivity index is 1.78. The SMILES string of the molecule is CCCc1c(-c2nc(-c3cc(C(F)(F)F)cc(C(F)(F)F)c3)no2)cnn1-c1ccc(Cl)cc1. The molecular formula is C22H15ClF6N4O. The highest BCUT2D eigenvalue weighted by atomic mass is 35.5. The molecule has 0 saturated carbocycles. The smallest absolute Gasteiger partial charge is 0.333 e. The molecule has 2 aromatic heterocycles. The molecule has 2 aromatic carbocycles. The van der Waals surface area contributed by atoms with E-state index < -0.39 is 34.9 Å². The molecule has 4 aromatic rings. The Morgan fingerprint density at radius 1 is 0.941 bits per heavy atom. The van der Waals surface area contributed by atoms with Gasteiger partial charge in [-0.2, -0.15) is 36.4 Å². The highest BCUT2D eigenvalue weighted by Crippen LogP contribution is 2.38. The molecule has 0 saturated heterocycles. The minimum Gasteiger partial charge on any atom is -0.333 e. The Morgan fingerprint density at radius 3 is 2.12 bits per heavy atom. The number of hydrogen-bond acceptors (Lipinski definition) is 4. The normalized spacial score (nSPS) is 12.4. The first-order chi connectivity index (χ1) is 16.0. The van der Waals surface area contributed by atoms with Gasteiger partial charge in [0.1, 0.15) is 0 Å². The molecule has 0 atom stereocenters. The van der Waals surface area contributed by atoms with Crippen LogP contribution in [-0.2, 0) is 18.8 Å². The van der Waals surface area contributed by atoms with Gasteiger partial charge in [-0.15, -0.1) is 0 Å². The van der Waals surface area contributed by atoms with Crippen molar-refractivity contribution in [1.29, 1.82) is 0 Å². The Labute approximate surface area is 194 Å². The Bertz CT molecular complexity index is 1280. The van der Waals surface area contributed by atoms with Crippen LogP contribution in [0.15, 0.2) is 53.2 Å². The van der Waals surface area contributed by atoms with Gasteiger partial charge >= 0.3 is 12.4 Å². The van der Waals surface area contributed by atoms with Gasteiger partial charge in [0.05, 0.1) is 34.3 Å². The molecular weight excluding hydrogens is 486 g/mol. The van der Waals surface area contributed by atoms with E-state index in [0.29, 0.717) is 40.5 Å². The molecule has 0 aliphatic heterocycles. The van der Waals surface area contributed by atoms with Gasteiger partial charge < -0.3 is 4.52 Å². The second-order valence-electron chi connectivity index (χ2n) is 7.36. The van der Waals surface area contributed by atoms with E-state index in [-0.39, 0.29) is 12.0 Å². The molecule has 0 unspecified atom stereocenters. The van der Waals surface area contributed by atoms with E-state index in [2.05, 4.69) is 15.2 Å². The lowest BCUT2D eigenvalue weighted by atomic mass is 10.0. The zero-order chi connectivity index (χ0) is 24.7. The first-order valence-corrected chi connectivity index (χ1v) is 10.3. The average molecular weight is 501 g/mol. The predicted molar refractivity (Wildman–Crippen MR) is 111 cm³/mol. The van der Waals surface area contributed by atoms with E-state index in [1.807, 2.05) is 6.92 Å². The fourth-order valence-corrected chi connectivity index (χ4v) is 3.49. The van der Waals surface area contributed by atoms with Crippen LogP contribution >= 0.6 is 11.6 Å². The van der Waals surface area contributed by atoms with Crippen molar-refractivity contribution in [2.45, 2.75) is 32.1 Å². The van der Waals surface area contributed by atoms with Crippen LogP contribution in [-0.4, -0.2) is 19.9 Å². The molecule has 2 heterocycles. The molecule has 5 nitrogen and oxygen atoms in total. The molecule has 178 valence electrons. The highest BCUT2D eigenvalue weighted by molar-refractivity contribution is 6.30. The summed E-state index contributed by atoms with van der Waals surface area (Å²) in [6, 6.07) is 8.01. The fraction of sp³-hybridized carbons (Fsp3) is 0.227. The topological polar surface area (TPSA) is 56.7 Å². The first-order valence-electron chi connectivity index (χ1n) is 9.94. The van der Waals surface area contributed by atoms with Gasteiger partial charge in [-0.25, -0.2) is 4.68 Å². The third-order valence-corrected chi connectivity index (χ3v) is 5.18. The lowest BCUT2D eigenvalue weighted by molar-refractivity contribution is -0.143. The molecule has 0 amide bonds. The monoisotopic (exact) mass is 500 g/mol. The molecule has 0 aliphatic carbocycles. The first kappa shape index (κ1) is 23.8. The Kier molecular flexibility index (Phi) is 6.15. The largest absolute Gasteiger partial charge is 0.416 e. The summed E-state index contributed by atoms with van der Waals surface area (Å²) in [5, 5.41) is 8.50. The molecule has 0 fully saturated rings. The quantitative estimate of drug-likeness (QED) is 0.271. The van der Waals surface area contributed by atoms with Crippen molar-refractivity contribution < 1.29 is 30.9 Å². The summed E-state index contributed by atoms with van der Waals surface area (Å²) < 4.78 is 86.0. The van der Waals surface area contributed by atoms with Crippen LogP contribution in [0.4, 0.5) is 26.3 Å². The molecule has 0 bridgehead atoms. The third kappa shape index (κ3) is 4.79. The summed E-state index contributed by atoms with van der Waals surface area (Å²) in [5.41, 5.74) is -1.61. The van der Waals surface area contributed by atoms with Crippen LogP contribution in [0.25, 0.3) is 28.5 Å².